The number of hydrogen-bond acceptors (Lipinski definition) is 2. The van der Waals surface area contributed by atoms with Crippen molar-refractivity contribution in [2.45, 2.75) is 5.92 Å². The number of aromatic hydroxyl groups is 1. The number of halogens is 3. The minimum atomic E-state index is -3.27. The van der Waals surface area contributed by atoms with Crippen LogP contribution in [0.3, 0.4) is 0 Å². The predicted molar refractivity (Wildman–Crippen MR) is 45.9 cm³/mol. The van der Waals surface area contributed by atoms with Gasteiger partial charge < -0.3 is 10.4 Å². The van der Waals surface area contributed by atoms with Gasteiger partial charge in [0.1, 0.15) is 11.6 Å². The largest absolute Gasteiger partial charge is 0.508 e. The van der Waals surface area contributed by atoms with E-state index in [1.807, 2.05) is 0 Å². The van der Waals surface area contributed by atoms with Crippen molar-refractivity contribution >= 4 is 0 Å². The standard InChI is InChI=1S/C9H10F3NO/c1-13-5-9(11,12)7-3-2-6(14)4-8(7)10/h2-4,13-14H,5H2,1H3. The highest BCUT2D eigenvalue weighted by Crippen LogP contribution is 2.30. The van der Waals surface area contributed by atoms with Crippen LogP contribution < -0.4 is 5.32 Å². The molecule has 0 aliphatic heterocycles. The van der Waals surface area contributed by atoms with E-state index < -0.39 is 23.8 Å². The Bertz CT molecular complexity index is 328. The summed E-state index contributed by atoms with van der Waals surface area (Å²) in [7, 11) is 1.35. The second-order valence-electron chi connectivity index (χ2n) is 2.90. The maximum Gasteiger partial charge on any atom is 0.288 e. The van der Waals surface area contributed by atoms with Crippen LogP contribution in [0.4, 0.5) is 13.2 Å². The second kappa shape index (κ2) is 3.88. The normalized spacial score (nSPS) is 11.7. The Morgan fingerprint density at radius 1 is 1.43 bits per heavy atom. The van der Waals surface area contributed by atoms with Crippen LogP contribution in [0.1, 0.15) is 5.56 Å². The van der Waals surface area contributed by atoms with Crippen LogP contribution >= 0.6 is 0 Å². The fourth-order valence-corrected chi connectivity index (χ4v) is 1.12. The molecule has 0 bridgehead atoms. The van der Waals surface area contributed by atoms with Gasteiger partial charge in [-0.1, -0.05) is 0 Å². The molecule has 0 atom stereocenters. The summed E-state index contributed by atoms with van der Waals surface area (Å²) in [5.74, 6) is -4.75. The van der Waals surface area contributed by atoms with Crippen LogP contribution in [0, 0.1) is 5.82 Å². The van der Waals surface area contributed by atoms with E-state index in [2.05, 4.69) is 5.32 Å². The van der Waals surface area contributed by atoms with Gasteiger partial charge in [0.2, 0.25) is 0 Å². The molecule has 2 N–H and O–H groups in total. The lowest BCUT2D eigenvalue weighted by Gasteiger charge is -2.16. The average Bonchev–Trinajstić information content (AvgIpc) is 2.02. The van der Waals surface area contributed by atoms with E-state index in [9.17, 15) is 13.2 Å². The zero-order chi connectivity index (χ0) is 10.8. The Morgan fingerprint density at radius 2 is 2.07 bits per heavy atom. The molecule has 0 saturated carbocycles. The van der Waals surface area contributed by atoms with Crippen molar-refractivity contribution in [3.8, 4) is 5.75 Å². The molecular weight excluding hydrogens is 195 g/mol. The maximum atomic E-state index is 13.2. The molecule has 0 heterocycles. The highest BCUT2D eigenvalue weighted by Gasteiger charge is 2.33. The molecule has 0 aliphatic rings. The van der Waals surface area contributed by atoms with Crippen LogP contribution in [0.2, 0.25) is 0 Å². The van der Waals surface area contributed by atoms with Crippen LogP contribution in [-0.2, 0) is 5.92 Å². The van der Waals surface area contributed by atoms with Gasteiger partial charge in [0.25, 0.3) is 5.92 Å². The molecule has 14 heavy (non-hydrogen) atoms. The van der Waals surface area contributed by atoms with Crippen LogP contribution in [0.15, 0.2) is 18.2 Å². The zero-order valence-electron chi connectivity index (χ0n) is 7.52. The van der Waals surface area contributed by atoms with E-state index in [0.717, 1.165) is 12.1 Å². The Morgan fingerprint density at radius 3 is 2.57 bits per heavy atom. The highest BCUT2D eigenvalue weighted by molar-refractivity contribution is 5.30. The lowest BCUT2D eigenvalue weighted by atomic mass is 10.1. The minimum Gasteiger partial charge on any atom is -0.508 e. The summed E-state index contributed by atoms with van der Waals surface area (Å²) in [6.45, 7) is -0.644. The van der Waals surface area contributed by atoms with Gasteiger partial charge in [0, 0.05) is 6.07 Å². The van der Waals surface area contributed by atoms with Crippen molar-refractivity contribution in [2.24, 2.45) is 0 Å². The molecule has 0 amide bonds. The third kappa shape index (κ3) is 2.17. The summed E-state index contributed by atoms with van der Waals surface area (Å²) in [4.78, 5) is 0. The molecule has 0 unspecified atom stereocenters. The summed E-state index contributed by atoms with van der Waals surface area (Å²) in [6, 6.07) is 2.57. The number of nitrogens with one attached hydrogen (secondary N) is 1. The monoisotopic (exact) mass is 205 g/mol. The topological polar surface area (TPSA) is 32.3 Å². The van der Waals surface area contributed by atoms with Crippen molar-refractivity contribution < 1.29 is 18.3 Å². The molecule has 0 aliphatic carbocycles. The molecular formula is C9H10F3NO. The Balaban J connectivity index is 3.06. The van der Waals surface area contributed by atoms with E-state index in [0.29, 0.717) is 6.07 Å². The third-order valence-corrected chi connectivity index (χ3v) is 1.75. The van der Waals surface area contributed by atoms with Crippen molar-refractivity contribution in [3.05, 3.63) is 29.6 Å². The van der Waals surface area contributed by atoms with Gasteiger partial charge in [-0.15, -0.1) is 0 Å². The summed E-state index contributed by atoms with van der Waals surface area (Å²) in [6.07, 6.45) is 0. The van der Waals surface area contributed by atoms with Gasteiger partial charge >= 0.3 is 0 Å². The number of rotatable bonds is 3. The van der Waals surface area contributed by atoms with E-state index in [-0.39, 0.29) is 5.75 Å². The van der Waals surface area contributed by atoms with Gasteiger partial charge in [-0.05, 0) is 19.2 Å². The van der Waals surface area contributed by atoms with Crippen LogP contribution in [-0.4, -0.2) is 18.7 Å². The average molecular weight is 205 g/mol. The molecule has 78 valence electrons. The fraction of sp³-hybridized carbons (Fsp3) is 0.333. The Kier molecular flexibility index (Phi) is 3.00. The Hall–Kier alpha value is -1.23. The molecule has 0 radical (unpaired) electrons. The molecule has 1 rings (SSSR count). The number of phenols is 1. The van der Waals surface area contributed by atoms with E-state index in [1.54, 1.807) is 0 Å². The molecule has 0 spiro atoms. The van der Waals surface area contributed by atoms with Gasteiger partial charge in [-0.2, -0.15) is 8.78 Å². The zero-order valence-corrected chi connectivity index (χ0v) is 7.52. The quantitative estimate of drug-likeness (QED) is 0.789. The lowest BCUT2D eigenvalue weighted by molar-refractivity contribution is -0.00474. The van der Waals surface area contributed by atoms with Crippen LogP contribution in [0.25, 0.3) is 0 Å². The number of phenolic OH excluding ortho intramolecular Hbond substituents is 1. The third-order valence-electron chi connectivity index (χ3n) is 1.75. The minimum absolute atomic E-state index is 0.369. The van der Waals surface area contributed by atoms with E-state index >= 15 is 0 Å². The number of likely N-dealkylation sites (N-methyl/N-ethyl adjacent to an activating group) is 1. The molecule has 1 aromatic carbocycles. The smallest absolute Gasteiger partial charge is 0.288 e. The van der Waals surface area contributed by atoms with Gasteiger partial charge in [0.15, 0.2) is 0 Å². The number of hydrogen-bond donors (Lipinski definition) is 2. The van der Waals surface area contributed by atoms with Crippen molar-refractivity contribution in [3.63, 3.8) is 0 Å². The van der Waals surface area contributed by atoms with Crippen LogP contribution in [0.5, 0.6) is 5.75 Å². The summed E-state index contributed by atoms with van der Waals surface area (Å²) in [5.41, 5.74) is -0.718. The SMILES string of the molecule is CNCC(F)(F)c1ccc(O)cc1F. The summed E-state index contributed by atoms with van der Waals surface area (Å²) < 4.78 is 39.3. The van der Waals surface area contributed by atoms with Gasteiger partial charge in [-0.3, -0.25) is 0 Å². The first-order valence-electron chi connectivity index (χ1n) is 3.99. The maximum absolute atomic E-state index is 13.2. The molecule has 0 aromatic heterocycles. The first-order valence-corrected chi connectivity index (χ1v) is 3.99. The molecule has 0 saturated heterocycles. The number of benzene rings is 1. The van der Waals surface area contributed by atoms with Gasteiger partial charge in [-0.25, -0.2) is 4.39 Å². The van der Waals surface area contributed by atoms with E-state index in [4.69, 9.17) is 5.11 Å². The highest BCUT2D eigenvalue weighted by atomic mass is 19.3. The summed E-state index contributed by atoms with van der Waals surface area (Å²) >= 11 is 0. The Labute approximate surface area is 79.4 Å². The molecule has 2 nitrogen and oxygen atoms in total. The number of alkyl halides is 2. The van der Waals surface area contributed by atoms with Crippen molar-refractivity contribution in [1.29, 1.82) is 0 Å². The second-order valence-corrected chi connectivity index (χ2v) is 2.90. The van der Waals surface area contributed by atoms with Crippen molar-refractivity contribution in [1.82, 2.24) is 5.32 Å². The first kappa shape index (κ1) is 10.8. The summed E-state index contributed by atoms with van der Waals surface area (Å²) in [5, 5.41) is 11.1. The van der Waals surface area contributed by atoms with E-state index in [1.165, 1.54) is 7.05 Å². The lowest BCUT2D eigenvalue weighted by Crippen LogP contribution is -2.28. The first-order chi connectivity index (χ1) is 6.47. The predicted octanol–water partition coefficient (Wildman–Crippen LogP) is 1.84. The molecule has 5 heteroatoms. The van der Waals surface area contributed by atoms with Gasteiger partial charge in [0.05, 0.1) is 12.1 Å². The molecule has 1 aromatic rings. The molecule has 0 fully saturated rings. The van der Waals surface area contributed by atoms with Crippen molar-refractivity contribution in [2.75, 3.05) is 13.6 Å². The fourth-order valence-electron chi connectivity index (χ4n) is 1.12.